The number of hydrogen-bond donors (Lipinski definition) is 2. The van der Waals surface area contributed by atoms with Gasteiger partial charge in [0.15, 0.2) is 5.96 Å². The van der Waals surface area contributed by atoms with Gasteiger partial charge in [-0.05, 0) is 31.2 Å². The standard InChI is InChI=1S/C19H31F2N5/c1-14(2)18(26-9-7-25(4)8-10-26)13-24-19(22-3)23-12-15-11-16(20)5-6-17(15)21/h5-6,11,14,18H,7-10,12-13H2,1-4H3,(H2,22,23,24). The summed E-state index contributed by atoms with van der Waals surface area (Å²) in [4.78, 5) is 9.05. The van der Waals surface area contributed by atoms with Crippen LogP contribution in [0, 0.1) is 17.6 Å². The van der Waals surface area contributed by atoms with Gasteiger partial charge in [0.05, 0.1) is 0 Å². The molecule has 0 aromatic heterocycles. The van der Waals surface area contributed by atoms with Gasteiger partial charge in [0.2, 0.25) is 0 Å². The van der Waals surface area contributed by atoms with Gasteiger partial charge in [-0.15, -0.1) is 0 Å². The fraction of sp³-hybridized carbons (Fsp3) is 0.632. The third-order valence-corrected chi connectivity index (χ3v) is 4.93. The summed E-state index contributed by atoms with van der Waals surface area (Å²) >= 11 is 0. The van der Waals surface area contributed by atoms with Gasteiger partial charge in [-0.3, -0.25) is 9.89 Å². The second-order valence-electron chi connectivity index (χ2n) is 7.19. The summed E-state index contributed by atoms with van der Waals surface area (Å²) in [5, 5.41) is 6.39. The van der Waals surface area contributed by atoms with Crippen LogP contribution in [0.4, 0.5) is 8.78 Å². The average molecular weight is 367 g/mol. The number of aliphatic imine (C=N–C) groups is 1. The zero-order chi connectivity index (χ0) is 19.1. The van der Waals surface area contributed by atoms with Crippen molar-refractivity contribution in [1.82, 2.24) is 20.4 Å². The average Bonchev–Trinajstić information content (AvgIpc) is 2.61. The van der Waals surface area contributed by atoms with Crippen molar-refractivity contribution in [2.75, 3.05) is 46.8 Å². The van der Waals surface area contributed by atoms with E-state index >= 15 is 0 Å². The van der Waals surface area contributed by atoms with E-state index in [1.54, 1.807) is 7.05 Å². The normalized spacial score (nSPS) is 18.2. The summed E-state index contributed by atoms with van der Waals surface area (Å²) in [5.41, 5.74) is 0.285. The van der Waals surface area contributed by atoms with E-state index in [2.05, 4.69) is 46.3 Å². The second kappa shape index (κ2) is 9.83. The van der Waals surface area contributed by atoms with Gasteiger partial charge in [-0.25, -0.2) is 8.78 Å². The molecular weight excluding hydrogens is 336 g/mol. The van der Waals surface area contributed by atoms with Crippen molar-refractivity contribution in [3.63, 3.8) is 0 Å². The van der Waals surface area contributed by atoms with Crippen LogP contribution >= 0.6 is 0 Å². The van der Waals surface area contributed by atoms with E-state index in [4.69, 9.17) is 0 Å². The van der Waals surface area contributed by atoms with Gasteiger partial charge in [0.25, 0.3) is 0 Å². The van der Waals surface area contributed by atoms with Gasteiger partial charge >= 0.3 is 0 Å². The lowest BCUT2D eigenvalue weighted by Crippen LogP contribution is -2.55. The number of guanidine groups is 1. The minimum absolute atomic E-state index is 0.185. The molecule has 1 atom stereocenters. The summed E-state index contributed by atoms with van der Waals surface area (Å²) in [6.07, 6.45) is 0. The Morgan fingerprint density at radius 1 is 1.15 bits per heavy atom. The molecule has 2 rings (SSSR count). The van der Waals surface area contributed by atoms with Crippen LogP contribution in [0.1, 0.15) is 19.4 Å². The van der Waals surface area contributed by atoms with E-state index in [9.17, 15) is 8.78 Å². The Hall–Kier alpha value is -1.73. The number of piperazine rings is 1. The number of rotatable bonds is 6. The van der Waals surface area contributed by atoms with Crippen molar-refractivity contribution in [3.05, 3.63) is 35.4 Å². The van der Waals surface area contributed by atoms with Gasteiger partial charge in [0.1, 0.15) is 11.6 Å². The van der Waals surface area contributed by atoms with Crippen molar-refractivity contribution in [2.45, 2.75) is 26.4 Å². The number of nitrogens with zero attached hydrogens (tertiary/aromatic N) is 3. The summed E-state index contributed by atoms with van der Waals surface area (Å²) in [6.45, 7) is 9.66. The van der Waals surface area contributed by atoms with E-state index in [0.29, 0.717) is 17.9 Å². The molecule has 0 amide bonds. The highest BCUT2D eigenvalue weighted by Crippen LogP contribution is 2.13. The van der Waals surface area contributed by atoms with Crippen LogP contribution in [-0.2, 0) is 6.54 Å². The molecule has 0 aliphatic carbocycles. The molecule has 1 saturated heterocycles. The lowest BCUT2D eigenvalue weighted by molar-refractivity contribution is 0.0900. The Kier molecular flexibility index (Phi) is 7.78. The van der Waals surface area contributed by atoms with Crippen molar-refractivity contribution in [2.24, 2.45) is 10.9 Å². The van der Waals surface area contributed by atoms with Gasteiger partial charge < -0.3 is 15.5 Å². The Balaban J connectivity index is 1.88. The molecule has 1 unspecified atom stereocenters. The number of halogens is 2. The summed E-state index contributed by atoms with van der Waals surface area (Å²) in [6, 6.07) is 3.87. The summed E-state index contributed by atoms with van der Waals surface area (Å²) in [5.74, 6) is 0.228. The lowest BCUT2D eigenvalue weighted by atomic mass is 10.0. The molecule has 2 N–H and O–H groups in total. The molecule has 1 fully saturated rings. The molecule has 26 heavy (non-hydrogen) atoms. The van der Waals surface area contributed by atoms with Crippen LogP contribution < -0.4 is 10.6 Å². The summed E-state index contributed by atoms with van der Waals surface area (Å²) in [7, 11) is 3.83. The van der Waals surface area contributed by atoms with Gasteiger partial charge in [0, 0.05) is 57.9 Å². The second-order valence-corrected chi connectivity index (χ2v) is 7.19. The molecular formula is C19H31F2N5. The summed E-state index contributed by atoms with van der Waals surface area (Å²) < 4.78 is 27.0. The molecule has 1 aromatic carbocycles. The molecule has 7 heteroatoms. The van der Waals surface area contributed by atoms with Gasteiger partial charge in [-0.2, -0.15) is 0 Å². The first-order valence-corrected chi connectivity index (χ1v) is 9.21. The first kappa shape index (κ1) is 20.6. The quantitative estimate of drug-likeness (QED) is 0.595. The predicted octanol–water partition coefficient (Wildman–Crippen LogP) is 1.90. The number of benzene rings is 1. The minimum atomic E-state index is -0.443. The van der Waals surface area contributed by atoms with E-state index in [-0.39, 0.29) is 12.1 Å². The monoisotopic (exact) mass is 367 g/mol. The maximum absolute atomic E-state index is 13.7. The minimum Gasteiger partial charge on any atom is -0.355 e. The maximum Gasteiger partial charge on any atom is 0.191 e. The van der Waals surface area contributed by atoms with Crippen molar-refractivity contribution in [3.8, 4) is 0 Å². The Labute approximate surface area is 155 Å². The topological polar surface area (TPSA) is 42.9 Å². The molecule has 0 spiro atoms. The molecule has 1 aliphatic heterocycles. The smallest absolute Gasteiger partial charge is 0.191 e. The molecule has 1 aromatic rings. The number of nitrogens with one attached hydrogen (secondary N) is 2. The van der Waals surface area contributed by atoms with Crippen LogP contribution in [0.15, 0.2) is 23.2 Å². The highest BCUT2D eigenvalue weighted by atomic mass is 19.1. The Morgan fingerprint density at radius 2 is 1.85 bits per heavy atom. The Bertz CT molecular complexity index is 598. The van der Waals surface area contributed by atoms with Crippen LogP contribution in [0.2, 0.25) is 0 Å². The van der Waals surface area contributed by atoms with Crippen LogP contribution in [-0.4, -0.2) is 68.6 Å². The fourth-order valence-electron chi connectivity index (χ4n) is 3.22. The lowest BCUT2D eigenvalue weighted by Gasteiger charge is -2.40. The Morgan fingerprint density at radius 3 is 2.46 bits per heavy atom. The van der Waals surface area contributed by atoms with Crippen LogP contribution in [0.5, 0.6) is 0 Å². The fourth-order valence-corrected chi connectivity index (χ4v) is 3.22. The molecule has 1 aliphatic rings. The largest absolute Gasteiger partial charge is 0.355 e. The zero-order valence-corrected chi connectivity index (χ0v) is 16.2. The third kappa shape index (κ3) is 5.92. The van der Waals surface area contributed by atoms with Gasteiger partial charge in [-0.1, -0.05) is 13.8 Å². The third-order valence-electron chi connectivity index (χ3n) is 4.93. The van der Waals surface area contributed by atoms with Crippen molar-refractivity contribution < 1.29 is 8.78 Å². The van der Waals surface area contributed by atoms with Crippen molar-refractivity contribution in [1.29, 1.82) is 0 Å². The first-order valence-electron chi connectivity index (χ1n) is 9.21. The van der Waals surface area contributed by atoms with E-state index in [0.717, 1.165) is 44.9 Å². The number of likely N-dealkylation sites (N-methyl/N-ethyl adjacent to an activating group) is 1. The van der Waals surface area contributed by atoms with Crippen LogP contribution in [0.3, 0.4) is 0 Å². The molecule has 0 bridgehead atoms. The van der Waals surface area contributed by atoms with Crippen molar-refractivity contribution >= 4 is 5.96 Å². The molecule has 1 heterocycles. The number of hydrogen-bond acceptors (Lipinski definition) is 3. The highest BCUT2D eigenvalue weighted by Gasteiger charge is 2.25. The van der Waals surface area contributed by atoms with E-state index < -0.39 is 11.6 Å². The highest BCUT2D eigenvalue weighted by molar-refractivity contribution is 5.79. The van der Waals surface area contributed by atoms with E-state index in [1.165, 1.54) is 6.07 Å². The molecule has 0 radical (unpaired) electrons. The molecule has 146 valence electrons. The maximum atomic E-state index is 13.7. The zero-order valence-electron chi connectivity index (χ0n) is 16.2. The van der Waals surface area contributed by atoms with Crippen LogP contribution in [0.25, 0.3) is 0 Å². The van der Waals surface area contributed by atoms with E-state index in [1.807, 2.05) is 0 Å². The first-order chi connectivity index (χ1) is 12.4. The SMILES string of the molecule is CN=C(NCc1cc(F)ccc1F)NCC(C(C)C)N1CCN(C)CC1. The predicted molar refractivity (Wildman–Crippen MR) is 102 cm³/mol. The molecule has 5 nitrogen and oxygen atoms in total. The molecule has 0 saturated carbocycles.